The highest BCUT2D eigenvalue weighted by molar-refractivity contribution is 7.99. The summed E-state index contributed by atoms with van der Waals surface area (Å²) < 4.78 is 34.4. The summed E-state index contributed by atoms with van der Waals surface area (Å²) in [6.07, 6.45) is 0.497. The van der Waals surface area contributed by atoms with E-state index in [-0.39, 0.29) is 28.2 Å². The first kappa shape index (κ1) is 25.0. The molecule has 0 radical (unpaired) electrons. The van der Waals surface area contributed by atoms with Crippen molar-refractivity contribution < 1.29 is 23.0 Å². The topological polar surface area (TPSA) is 93.3 Å². The van der Waals surface area contributed by atoms with Gasteiger partial charge in [0.25, 0.3) is 5.56 Å². The van der Waals surface area contributed by atoms with E-state index < -0.39 is 6.61 Å². The minimum Gasteiger partial charge on any atom is -0.493 e. The van der Waals surface area contributed by atoms with Gasteiger partial charge < -0.3 is 19.8 Å². The number of hydrogen-bond donors (Lipinski definition) is 2. The van der Waals surface area contributed by atoms with Crippen LogP contribution in [-0.4, -0.2) is 41.4 Å². The SMILES string of the molecule is COc1cc(CCNC(=O)[C@H](C)SCc2nc3sc(C)c(C)c3c(=O)[nH]2)ccc1OC(F)F. The second kappa shape index (κ2) is 11.0. The summed E-state index contributed by atoms with van der Waals surface area (Å²) in [5.41, 5.74) is 1.60. The van der Waals surface area contributed by atoms with Crippen LogP contribution in [0.4, 0.5) is 8.78 Å². The summed E-state index contributed by atoms with van der Waals surface area (Å²) in [7, 11) is 1.37. The minimum absolute atomic E-state index is 0.0389. The van der Waals surface area contributed by atoms with Crippen LogP contribution in [0.3, 0.4) is 0 Å². The average Bonchev–Trinajstić information content (AvgIpc) is 3.06. The Bertz CT molecular complexity index is 1200. The monoisotopic (exact) mass is 497 g/mol. The molecule has 2 N–H and O–H groups in total. The Labute approximate surface area is 197 Å². The number of carbonyl (C=O) groups is 1. The molecule has 0 aliphatic heterocycles. The zero-order valence-electron chi connectivity index (χ0n) is 18.7. The molecule has 0 saturated heterocycles. The first-order valence-electron chi connectivity index (χ1n) is 10.2. The summed E-state index contributed by atoms with van der Waals surface area (Å²) in [6.45, 7) is 3.10. The molecule has 0 fully saturated rings. The van der Waals surface area contributed by atoms with Crippen LogP contribution in [0.2, 0.25) is 0 Å². The fourth-order valence-corrected chi connectivity index (χ4v) is 5.01. The Morgan fingerprint density at radius 2 is 2.06 bits per heavy atom. The first-order chi connectivity index (χ1) is 15.7. The quantitative estimate of drug-likeness (QED) is 0.436. The Balaban J connectivity index is 1.51. The fourth-order valence-electron chi connectivity index (χ4n) is 3.18. The molecule has 3 rings (SSSR count). The van der Waals surface area contributed by atoms with Crippen molar-refractivity contribution in [3.05, 3.63) is 50.4 Å². The van der Waals surface area contributed by atoms with E-state index in [1.54, 1.807) is 19.1 Å². The molecule has 1 atom stereocenters. The molecule has 0 unspecified atom stereocenters. The van der Waals surface area contributed by atoms with Gasteiger partial charge in [-0.1, -0.05) is 6.07 Å². The van der Waals surface area contributed by atoms with Crippen molar-refractivity contribution in [1.82, 2.24) is 15.3 Å². The van der Waals surface area contributed by atoms with E-state index in [0.717, 1.165) is 16.0 Å². The van der Waals surface area contributed by atoms with Gasteiger partial charge in [-0.05, 0) is 50.5 Å². The zero-order valence-corrected chi connectivity index (χ0v) is 20.3. The van der Waals surface area contributed by atoms with E-state index in [4.69, 9.17) is 4.74 Å². The van der Waals surface area contributed by atoms with Crippen LogP contribution in [0.25, 0.3) is 10.2 Å². The summed E-state index contributed by atoms with van der Waals surface area (Å²) in [6, 6.07) is 4.67. The molecule has 178 valence electrons. The molecular formula is C22H25F2N3O4S2. The van der Waals surface area contributed by atoms with E-state index in [1.807, 2.05) is 13.8 Å². The number of aryl methyl sites for hydroxylation is 2. The third-order valence-electron chi connectivity index (χ3n) is 5.08. The Morgan fingerprint density at radius 1 is 1.30 bits per heavy atom. The number of fused-ring (bicyclic) bond motifs is 1. The maximum absolute atomic E-state index is 12.4. The Kier molecular flexibility index (Phi) is 8.30. The Morgan fingerprint density at radius 3 is 2.76 bits per heavy atom. The van der Waals surface area contributed by atoms with Crippen molar-refractivity contribution in [2.45, 2.75) is 44.8 Å². The van der Waals surface area contributed by atoms with Gasteiger partial charge in [-0.3, -0.25) is 9.59 Å². The molecule has 1 aromatic carbocycles. The predicted molar refractivity (Wildman–Crippen MR) is 127 cm³/mol. The number of halogens is 2. The smallest absolute Gasteiger partial charge is 0.387 e. The number of alkyl halides is 2. The van der Waals surface area contributed by atoms with Gasteiger partial charge in [-0.2, -0.15) is 8.78 Å². The van der Waals surface area contributed by atoms with Crippen LogP contribution in [0.1, 0.15) is 28.8 Å². The van der Waals surface area contributed by atoms with Crippen LogP contribution >= 0.6 is 23.1 Å². The number of thiophene rings is 1. The van der Waals surface area contributed by atoms with Gasteiger partial charge in [0.05, 0.1) is 23.5 Å². The van der Waals surface area contributed by atoms with E-state index in [9.17, 15) is 18.4 Å². The van der Waals surface area contributed by atoms with E-state index in [2.05, 4.69) is 20.0 Å². The number of benzene rings is 1. The van der Waals surface area contributed by atoms with E-state index >= 15 is 0 Å². The second-order valence-corrected chi connectivity index (χ2v) is 9.87. The highest BCUT2D eigenvalue weighted by Gasteiger charge is 2.16. The number of nitrogens with zero attached hydrogens (tertiary/aromatic N) is 1. The average molecular weight is 498 g/mol. The maximum atomic E-state index is 12.4. The summed E-state index contributed by atoms with van der Waals surface area (Å²) in [4.78, 5) is 33.9. The molecule has 0 aliphatic rings. The van der Waals surface area contributed by atoms with Crippen molar-refractivity contribution in [2.75, 3.05) is 13.7 Å². The Hall–Kier alpha value is -2.66. The highest BCUT2D eigenvalue weighted by atomic mass is 32.2. The highest BCUT2D eigenvalue weighted by Crippen LogP contribution is 2.29. The van der Waals surface area contributed by atoms with Crippen LogP contribution in [0.15, 0.2) is 23.0 Å². The minimum atomic E-state index is -2.93. The largest absolute Gasteiger partial charge is 0.493 e. The van der Waals surface area contributed by atoms with Gasteiger partial charge in [0.15, 0.2) is 11.5 Å². The van der Waals surface area contributed by atoms with Crippen molar-refractivity contribution in [1.29, 1.82) is 0 Å². The van der Waals surface area contributed by atoms with Gasteiger partial charge in [0, 0.05) is 11.4 Å². The van der Waals surface area contributed by atoms with E-state index in [1.165, 1.54) is 36.3 Å². The van der Waals surface area contributed by atoms with Gasteiger partial charge in [-0.25, -0.2) is 4.98 Å². The molecule has 3 aromatic rings. The number of ether oxygens (including phenoxy) is 2. The number of rotatable bonds is 10. The van der Waals surface area contributed by atoms with Crippen LogP contribution in [0.5, 0.6) is 11.5 Å². The number of amides is 1. The van der Waals surface area contributed by atoms with Crippen LogP contribution in [-0.2, 0) is 17.0 Å². The number of methoxy groups -OCH3 is 1. The van der Waals surface area contributed by atoms with Gasteiger partial charge in [0.2, 0.25) is 5.91 Å². The summed E-state index contributed by atoms with van der Waals surface area (Å²) >= 11 is 2.87. The van der Waals surface area contributed by atoms with E-state index in [0.29, 0.717) is 34.8 Å². The number of carbonyl (C=O) groups excluding carboxylic acids is 1. The molecule has 7 nitrogen and oxygen atoms in total. The van der Waals surface area contributed by atoms with Gasteiger partial charge >= 0.3 is 6.61 Å². The van der Waals surface area contributed by atoms with Crippen molar-refractivity contribution >= 4 is 39.2 Å². The lowest BCUT2D eigenvalue weighted by Crippen LogP contribution is -2.32. The lowest BCUT2D eigenvalue weighted by molar-refractivity contribution is -0.120. The molecule has 0 bridgehead atoms. The zero-order chi connectivity index (χ0) is 24.1. The molecule has 2 heterocycles. The van der Waals surface area contributed by atoms with Crippen molar-refractivity contribution in [3.63, 3.8) is 0 Å². The van der Waals surface area contributed by atoms with Gasteiger partial charge in [0.1, 0.15) is 10.7 Å². The molecule has 11 heteroatoms. The third kappa shape index (κ3) is 6.23. The lowest BCUT2D eigenvalue weighted by atomic mass is 10.1. The lowest BCUT2D eigenvalue weighted by Gasteiger charge is -2.13. The molecule has 2 aromatic heterocycles. The molecule has 0 saturated carbocycles. The predicted octanol–water partition coefficient (Wildman–Crippen LogP) is 4.19. The number of aromatic amines is 1. The molecule has 33 heavy (non-hydrogen) atoms. The molecular weight excluding hydrogens is 472 g/mol. The number of thioether (sulfide) groups is 1. The van der Waals surface area contributed by atoms with Crippen molar-refractivity contribution in [3.8, 4) is 11.5 Å². The molecule has 0 spiro atoms. The maximum Gasteiger partial charge on any atom is 0.387 e. The number of nitrogens with one attached hydrogen (secondary N) is 2. The summed E-state index contributed by atoms with van der Waals surface area (Å²) in [5, 5.41) is 3.14. The number of aromatic nitrogens is 2. The summed E-state index contributed by atoms with van der Waals surface area (Å²) in [5.74, 6) is 0.964. The van der Waals surface area contributed by atoms with Gasteiger partial charge in [-0.15, -0.1) is 23.1 Å². The normalized spacial score (nSPS) is 12.2. The third-order valence-corrected chi connectivity index (χ3v) is 7.34. The molecule has 0 aliphatic carbocycles. The number of H-pyrrole nitrogens is 1. The molecule has 1 amide bonds. The standard InChI is InChI=1S/C22H25F2N3O4S2/c1-11-12(2)33-21-18(11)20(29)26-17(27-21)10-32-13(3)19(28)25-8-7-14-5-6-15(31-22(23)24)16(9-14)30-4/h5-6,9,13,22H,7-8,10H2,1-4H3,(H,25,28)(H,26,27,29)/t13-/m0/s1. The van der Waals surface area contributed by atoms with Crippen LogP contribution in [0, 0.1) is 13.8 Å². The number of hydrogen-bond acceptors (Lipinski definition) is 7. The van der Waals surface area contributed by atoms with Crippen molar-refractivity contribution in [2.24, 2.45) is 0 Å². The van der Waals surface area contributed by atoms with Crippen LogP contribution < -0.4 is 20.3 Å². The second-order valence-electron chi connectivity index (χ2n) is 7.33. The first-order valence-corrected chi connectivity index (χ1v) is 12.1. The fraction of sp³-hybridized carbons (Fsp3) is 0.409.